The first-order valence-corrected chi connectivity index (χ1v) is 4.70. The quantitative estimate of drug-likeness (QED) is 0.808. The van der Waals surface area contributed by atoms with Gasteiger partial charge in [0, 0.05) is 18.2 Å². The zero-order valence-corrected chi connectivity index (χ0v) is 8.47. The summed E-state index contributed by atoms with van der Waals surface area (Å²) in [4.78, 5) is 0. The minimum Gasteiger partial charge on any atom is -0.377 e. The first-order chi connectivity index (χ1) is 6.27. The zero-order valence-electron chi connectivity index (χ0n) is 7.72. The summed E-state index contributed by atoms with van der Waals surface area (Å²) in [5, 5.41) is 0.733. The van der Waals surface area contributed by atoms with E-state index in [4.69, 9.17) is 22.1 Å². The van der Waals surface area contributed by atoms with E-state index >= 15 is 0 Å². The Balaban J connectivity index is 2.73. The molecule has 72 valence electrons. The van der Waals surface area contributed by atoms with Crippen molar-refractivity contribution in [1.29, 1.82) is 0 Å². The molecule has 0 saturated carbocycles. The van der Waals surface area contributed by atoms with Crippen molar-refractivity contribution in [3.05, 3.63) is 34.3 Å². The summed E-state index contributed by atoms with van der Waals surface area (Å²) in [7, 11) is 0. The Morgan fingerprint density at radius 1 is 1.46 bits per heavy atom. The molecule has 3 heteroatoms. The highest BCUT2D eigenvalue weighted by molar-refractivity contribution is 6.31. The first-order valence-electron chi connectivity index (χ1n) is 4.33. The van der Waals surface area contributed by atoms with Crippen LogP contribution in [0.25, 0.3) is 0 Å². The smallest absolute Gasteiger partial charge is 0.0731 e. The summed E-state index contributed by atoms with van der Waals surface area (Å²) >= 11 is 6.01. The molecule has 0 atom stereocenters. The molecule has 1 aromatic carbocycles. The lowest BCUT2D eigenvalue weighted by Crippen LogP contribution is -1.98. The standard InChI is InChI=1S/C10H14ClNO/c1-2-13-7-9-4-3-8(6-12)5-10(9)11/h3-5H,2,6-7,12H2,1H3. The lowest BCUT2D eigenvalue weighted by molar-refractivity contribution is 0.134. The van der Waals surface area contributed by atoms with E-state index in [0.29, 0.717) is 19.8 Å². The van der Waals surface area contributed by atoms with Gasteiger partial charge < -0.3 is 10.5 Å². The Hall–Kier alpha value is -0.570. The van der Waals surface area contributed by atoms with Crippen molar-refractivity contribution < 1.29 is 4.74 Å². The molecule has 1 aromatic rings. The van der Waals surface area contributed by atoms with Crippen molar-refractivity contribution >= 4 is 11.6 Å². The molecular weight excluding hydrogens is 186 g/mol. The van der Waals surface area contributed by atoms with Gasteiger partial charge in [0.25, 0.3) is 0 Å². The second-order valence-corrected chi connectivity index (χ2v) is 3.17. The molecular formula is C10H14ClNO. The van der Waals surface area contributed by atoms with Gasteiger partial charge in [0.1, 0.15) is 0 Å². The lowest BCUT2D eigenvalue weighted by Gasteiger charge is -2.05. The van der Waals surface area contributed by atoms with Crippen LogP contribution in [-0.2, 0) is 17.9 Å². The van der Waals surface area contributed by atoms with Crippen LogP contribution in [-0.4, -0.2) is 6.61 Å². The molecule has 0 amide bonds. The van der Waals surface area contributed by atoms with Gasteiger partial charge in [-0.05, 0) is 24.1 Å². The van der Waals surface area contributed by atoms with Crippen molar-refractivity contribution in [2.24, 2.45) is 5.73 Å². The van der Waals surface area contributed by atoms with Gasteiger partial charge in [-0.2, -0.15) is 0 Å². The van der Waals surface area contributed by atoms with E-state index in [1.165, 1.54) is 0 Å². The lowest BCUT2D eigenvalue weighted by atomic mass is 10.1. The van der Waals surface area contributed by atoms with E-state index in [9.17, 15) is 0 Å². The van der Waals surface area contributed by atoms with Gasteiger partial charge in [-0.3, -0.25) is 0 Å². The molecule has 0 saturated heterocycles. The normalized spacial score (nSPS) is 10.4. The maximum absolute atomic E-state index is 6.01. The van der Waals surface area contributed by atoms with Gasteiger partial charge in [0.15, 0.2) is 0 Å². The Labute approximate surface area is 83.6 Å². The number of halogens is 1. The molecule has 0 fully saturated rings. The fraction of sp³-hybridized carbons (Fsp3) is 0.400. The van der Waals surface area contributed by atoms with Crippen LogP contribution in [0.15, 0.2) is 18.2 Å². The van der Waals surface area contributed by atoms with Crippen LogP contribution in [0.4, 0.5) is 0 Å². The van der Waals surface area contributed by atoms with Crippen molar-refractivity contribution in [3.8, 4) is 0 Å². The van der Waals surface area contributed by atoms with Crippen molar-refractivity contribution in [2.45, 2.75) is 20.1 Å². The molecule has 2 nitrogen and oxygen atoms in total. The highest BCUT2D eigenvalue weighted by atomic mass is 35.5. The highest BCUT2D eigenvalue weighted by Crippen LogP contribution is 2.18. The van der Waals surface area contributed by atoms with Gasteiger partial charge in [0.05, 0.1) is 6.61 Å². The van der Waals surface area contributed by atoms with Gasteiger partial charge >= 0.3 is 0 Å². The maximum Gasteiger partial charge on any atom is 0.0731 e. The molecule has 0 unspecified atom stereocenters. The number of hydrogen-bond acceptors (Lipinski definition) is 2. The predicted octanol–water partition coefficient (Wildman–Crippen LogP) is 2.34. The van der Waals surface area contributed by atoms with Gasteiger partial charge in [-0.25, -0.2) is 0 Å². The average Bonchev–Trinajstić information content (AvgIpc) is 2.16. The van der Waals surface area contributed by atoms with Crippen LogP contribution < -0.4 is 5.73 Å². The van der Waals surface area contributed by atoms with Gasteiger partial charge in [-0.15, -0.1) is 0 Å². The second-order valence-electron chi connectivity index (χ2n) is 2.77. The third-order valence-electron chi connectivity index (χ3n) is 1.81. The molecule has 0 aliphatic carbocycles. The van der Waals surface area contributed by atoms with Crippen LogP contribution in [0.5, 0.6) is 0 Å². The molecule has 0 aliphatic heterocycles. The Kier molecular flexibility index (Phi) is 4.22. The minimum atomic E-state index is 0.522. The number of rotatable bonds is 4. The summed E-state index contributed by atoms with van der Waals surface area (Å²) in [5.74, 6) is 0. The SMILES string of the molecule is CCOCc1ccc(CN)cc1Cl. The van der Waals surface area contributed by atoms with Crippen molar-refractivity contribution in [1.82, 2.24) is 0 Å². The van der Waals surface area contributed by atoms with E-state index in [0.717, 1.165) is 16.1 Å². The largest absolute Gasteiger partial charge is 0.377 e. The first kappa shape index (κ1) is 10.5. The topological polar surface area (TPSA) is 35.2 Å². The molecule has 1 rings (SSSR count). The highest BCUT2D eigenvalue weighted by Gasteiger charge is 2.00. The third-order valence-corrected chi connectivity index (χ3v) is 2.17. The van der Waals surface area contributed by atoms with Crippen LogP contribution in [0.3, 0.4) is 0 Å². The molecule has 13 heavy (non-hydrogen) atoms. The summed E-state index contributed by atoms with van der Waals surface area (Å²) in [6.45, 7) is 3.76. The molecule has 0 aromatic heterocycles. The summed E-state index contributed by atoms with van der Waals surface area (Å²) in [6, 6.07) is 5.82. The predicted molar refractivity (Wildman–Crippen MR) is 54.7 cm³/mol. The Morgan fingerprint density at radius 2 is 2.23 bits per heavy atom. The molecule has 0 heterocycles. The number of ether oxygens (including phenoxy) is 1. The van der Waals surface area contributed by atoms with Gasteiger partial charge in [0.2, 0.25) is 0 Å². The van der Waals surface area contributed by atoms with E-state index in [-0.39, 0.29) is 0 Å². The fourth-order valence-corrected chi connectivity index (χ4v) is 1.30. The fourth-order valence-electron chi connectivity index (χ4n) is 1.05. The van der Waals surface area contributed by atoms with Gasteiger partial charge in [-0.1, -0.05) is 23.7 Å². The van der Waals surface area contributed by atoms with E-state index < -0.39 is 0 Å². The van der Waals surface area contributed by atoms with Crippen LogP contribution >= 0.6 is 11.6 Å². The number of benzene rings is 1. The maximum atomic E-state index is 6.01. The molecule has 0 spiro atoms. The van der Waals surface area contributed by atoms with Crippen LogP contribution in [0, 0.1) is 0 Å². The van der Waals surface area contributed by atoms with Crippen molar-refractivity contribution in [3.63, 3.8) is 0 Å². The summed E-state index contributed by atoms with van der Waals surface area (Å²) < 4.78 is 5.26. The zero-order chi connectivity index (χ0) is 9.68. The molecule has 2 N–H and O–H groups in total. The monoisotopic (exact) mass is 199 g/mol. The third kappa shape index (κ3) is 2.99. The van der Waals surface area contributed by atoms with Crippen molar-refractivity contribution in [2.75, 3.05) is 6.61 Å². The van der Waals surface area contributed by atoms with Crippen LogP contribution in [0.2, 0.25) is 5.02 Å². The summed E-state index contributed by atoms with van der Waals surface area (Å²) in [6.07, 6.45) is 0. The van der Waals surface area contributed by atoms with E-state index in [1.807, 2.05) is 25.1 Å². The summed E-state index contributed by atoms with van der Waals surface area (Å²) in [5.41, 5.74) is 7.54. The molecule has 0 bridgehead atoms. The number of nitrogens with two attached hydrogens (primary N) is 1. The Morgan fingerprint density at radius 3 is 2.77 bits per heavy atom. The molecule has 0 aliphatic rings. The molecule has 0 radical (unpaired) electrons. The van der Waals surface area contributed by atoms with Crippen LogP contribution in [0.1, 0.15) is 18.1 Å². The second kappa shape index (κ2) is 5.22. The van der Waals surface area contributed by atoms with E-state index in [1.54, 1.807) is 0 Å². The average molecular weight is 200 g/mol. The Bertz CT molecular complexity index is 276. The number of hydrogen-bond donors (Lipinski definition) is 1. The van der Waals surface area contributed by atoms with E-state index in [2.05, 4.69) is 0 Å². The minimum absolute atomic E-state index is 0.522.